The van der Waals surface area contributed by atoms with E-state index in [4.69, 9.17) is 4.74 Å². The first-order valence-corrected chi connectivity index (χ1v) is 12.0. The van der Waals surface area contributed by atoms with Crippen LogP contribution in [-0.4, -0.2) is 39.4 Å². The first-order valence-electron chi connectivity index (χ1n) is 11.0. The van der Waals surface area contributed by atoms with Crippen molar-refractivity contribution in [3.05, 3.63) is 65.0 Å². The highest BCUT2D eigenvalue weighted by atomic mass is 32.2. The van der Waals surface area contributed by atoms with Crippen molar-refractivity contribution in [2.24, 2.45) is 13.0 Å². The van der Waals surface area contributed by atoms with Gasteiger partial charge in [0.05, 0.1) is 18.9 Å². The van der Waals surface area contributed by atoms with Crippen molar-refractivity contribution in [1.29, 1.82) is 0 Å². The van der Waals surface area contributed by atoms with Crippen molar-refractivity contribution in [3.63, 3.8) is 0 Å². The number of carbonyl (C=O) groups excluding carboxylic acids is 2. The Hall–Kier alpha value is -3.33. The summed E-state index contributed by atoms with van der Waals surface area (Å²) in [6.07, 6.45) is 0. The fourth-order valence-corrected chi connectivity index (χ4v) is 4.08. The van der Waals surface area contributed by atoms with Crippen LogP contribution in [0.4, 0.5) is 5.69 Å². The summed E-state index contributed by atoms with van der Waals surface area (Å²) in [6, 6.07) is 12.4. The van der Waals surface area contributed by atoms with Gasteiger partial charge in [0.25, 0.3) is 5.91 Å². The van der Waals surface area contributed by atoms with Gasteiger partial charge in [-0.2, -0.15) is 0 Å². The van der Waals surface area contributed by atoms with E-state index in [2.05, 4.69) is 20.8 Å². The standard InChI is InChI=1S/C25H31N5O3S/c1-15(2)22(27-24(32)18-8-11-20(33-6)12-9-18)23-28-29-25(30(23)5)34-14-21(31)26-19-10-7-16(3)17(4)13-19/h7-13,15,22H,14H2,1-6H3,(H,26,31)(H,27,32). The molecule has 180 valence electrons. The Morgan fingerprint density at radius 2 is 1.76 bits per heavy atom. The molecule has 3 rings (SSSR count). The minimum Gasteiger partial charge on any atom is -0.497 e. The van der Waals surface area contributed by atoms with Gasteiger partial charge in [0.2, 0.25) is 5.91 Å². The molecule has 0 fully saturated rings. The lowest BCUT2D eigenvalue weighted by atomic mass is 10.0. The fourth-order valence-electron chi connectivity index (χ4n) is 3.37. The van der Waals surface area contributed by atoms with E-state index in [1.807, 2.05) is 57.5 Å². The quantitative estimate of drug-likeness (QED) is 0.442. The van der Waals surface area contributed by atoms with E-state index in [1.54, 1.807) is 31.4 Å². The van der Waals surface area contributed by atoms with Crippen LogP contribution < -0.4 is 15.4 Å². The first kappa shape index (κ1) is 25.3. The number of nitrogens with one attached hydrogen (secondary N) is 2. The highest BCUT2D eigenvalue weighted by Crippen LogP contribution is 2.25. The molecule has 34 heavy (non-hydrogen) atoms. The van der Waals surface area contributed by atoms with Crippen molar-refractivity contribution in [2.45, 2.75) is 38.9 Å². The molecular weight excluding hydrogens is 450 g/mol. The largest absolute Gasteiger partial charge is 0.497 e. The van der Waals surface area contributed by atoms with Gasteiger partial charge in [-0.1, -0.05) is 31.7 Å². The number of nitrogens with zero attached hydrogens (tertiary/aromatic N) is 3. The van der Waals surface area contributed by atoms with Crippen molar-refractivity contribution in [3.8, 4) is 5.75 Å². The average molecular weight is 482 g/mol. The number of carbonyl (C=O) groups is 2. The fraction of sp³-hybridized carbons (Fsp3) is 0.360. The molecule has 2 aromatic carbocycles. The second-order valence-corrected chi connectivity index (χ2v) is 9.40. The molecule has 0 aliphatic rings. The molecule has 1 atom stereocenters. The van der Waals surface area contributed by atoms with Gasteiger partial charge in [-0.05, 0) is 67.3 Å². The molecule has 0 spiro atoms. The van der Waals surface area contributed by atoms with Crippen LogP contribution in [0, 0.1) is 19.8 Å². The summed E-state index contributed by atoms with van der Waals surface area (Å²) >= 11 is 1.30. The highest BCUT2D eigenvalue weighted by molar-refractivity contribution is 7.99. The Labute approximate surface area is 204 Å². The molecule has 0 aliphatic carbocycles. The van der Waals surface area contributed by atoms with Gasteiger partial charge in [-0.15, -0.1) is 10.2 Å². The van der Waals surface area contributed by atoms with Gasteiger partial charge < -0.3 is 19.9 Å². The second kappa shape index (κ2) is 11.2. The SMILES string of the molecule is COc1ccc(C(=O)NC(c2nnc(SCC(=O)Nc3ccc(C)c(C)c3)n2C)C(C)C)cc1. The number of aromatic nitrogens is 3. The topological polar surface area (TPSA) is 98.1 Å². The lowest BCUT2D eigenvalue weighted by molar-refractivity contribution is -0.113. The molecule has 0 radical (unpaired) electrons. The van der Waals surface area contributed by atoms with E-state index in [-0.39, 0.29) is 29.5 Å². The molecule has 8 nitrogen and oxygen atoms in total. The third-order valence-electron chi connectivity index (χ3n) is 5.58. The number of anilines is 1. The van der Waals surface area contributed by atoms with Crippen molar-refractivity contribution >= 4 is 29.3 Å². The molecule has 0 bridgehead atoms. The van der Waals surface area contributed by atoms with E-state index in [0.717, 1.165) is 11.3 Å². The van der Waals surface area contributed by atoms with Gasteiger partial charge in [-0.25, -0.2) is 0 Å². The number of hydrogen-bond acceptors (Lipinski definition) is 6. The van der Waals surface area contributed by atoms with Crippen molar-refractivity contribution < 1.29 is 14.3 Å². The number of rotatable bonds is 9. The van der Waals surface area contributed by atoms with Gasteiger partial charge in [-0.3, -0.25) is 9.59 Å². The smallest absolute Gasteiger partial charge is 0.251 e. The predicted octanol–water partition coefficient (Wildman–Crippen LogP) is 4.30. The maximum atomic E-state index is 12.8. The van der Waals surface area contributed by atoms with Crippen molar-refractivity contribution in [2.75, 3.05) is 18.2 Å². The van der Waals surface area contributed by atoms with Crippen molar-refractivity contribution in [1.82, 2.24) is 20.1 Å². The molecule has 0 aliphatic heterocycles. The summed E-state index contributed by atoms with van der Waals surface area (Å²) in [5.41, 5.74) is 3.61. The van der Waals surface area contributed by atoms with Gasteiger partial charge in [0.1, 0.15) is 5.75 Å². The molecule has 1 heterocycles. The minimum atomic E-state index is -0.342. The Morgan fingerprint density at radius 3 is 2.38 bits per heavy atom. The van der Waals surface area contributed by atoms with Crippen LogP contribution >= 0.6 is 11.8 Å². The molecule has 1 aromatic heterocycles. The molecule has 0 saturated heterocycles. The summed E-state index contributed by atoms with van der Waals surface area (Å²) in [7, 11) is 3.43. The normalized spacial score (nSPS) is 11.9. The number of ether oxygens (including phenoxy) is 1. The maximum Gasteiger partial charge on any atom is 0.251 e. The van der Waals surface area contributed by atoms with E-state index < -0.39 is 0 Å². The second-order valence-electron chi connectivity index (χ2n) is 8.46. The number of hydrogen-bond donors (Lipinski definition) is 2. The van der Waals surface area contributed by atoms with Crippen LogP contribution in [-0.2, 0) is 11.8 Å². The Kier molecular flexibility index (Phi) is 8.33. The number of methoxy groups -OCH3 is 1. The van der Waals surface area contributed by atoms with Crippen LogP contribution in [0.25, 0.3) is 0 Å². The van der Waals surface area contributed by atoms with Gasteiger partial charge in [0.15, 0.2) is 11.0 Å². The van der Waals surface area contributed by atoms with E-state index >= 15 is 0 Å². The predicted molar refractivity (Wildman–Crippen MR) is 134 cm³/mol. The molecule has 0 saturated carbocycles. The number of thioether (sulfide) groups is 1. The lowest BCUT2D eigenvalue weighted by Crippen LogP contribution is -2.33. The van der Waals surface area contributed by atoms with Crippen LogP contribution in [0.3, 0.4) is 0 Å². The summed E-state index contributed by atoms with van der Waals surface area (Å²) in [5.74, 6) is 1.28. The number of amides is 2. The third-order valence-corrected chi connectivity index (χ3v) is 6.60. The van der Waals surface area contributed by atoms with E-state index in [9.17, 15) is 9.59 Å². The van der Waals surface area contributed by atoms with Crippen LogP contribution in [0.1, 0.15) is 47.2 Å². The van der Waals surface area contributed by atoms with E-state index in [0.29, 0.717) is 22.3 Å². The van der Waals surface area contributed by atoms with Crippen LogP contribution in [0.2, 0.25) is 0 Å². The monoisotopic (exact) mass is 481 g/mol. The molecule has 1 unspecified atom stereocenters. The summed E-state index contributed by atoms with van der Waals surface area (Å²) in [5, 5.41) is 15.2. The van der Waals surface area contributed by atoms with E-state index in [1.165, 1.54) is 17.3 Å². The minimum absolute atomic E-state index is 0.0797. The maximum absolute atomic E-state index is 12.8. The molecule has 9 heteroatoms. The highest BCUT2D eigenvalue weighted by Gasteiger charge is 2.25. The lowest BCUT2D eigenvalue weighted by Gasteiger charge is -2.21. The van der Waals surface area contributed by atoms with Crippen LogP contribution in [0.15, 0.2) is 47.6 Å². The Morgan fingerprint density at radius 1 is 1.06 bits per heavy atom. The summed E-state index contributed by atoms with van der Waals surface area (Å²) in [4.78, 5) is 25.3. The van der Waals surface area contributed by atoms with Gasteiger partial charge in [0, 0.05) is 18.3 Å². The van der Waals surface area contributed by atoms with Crippen LogP contribution in [0.5, 0.6) is 5.75 Å². The number of aryl methyl sites for hydroxylation is 2. The molecule has 2 N–H and O–H groups in total. The molecular formula is C25H31N5O3S. The summed E-state index contributed by atoms with van der Waals surface area (Å²) < 4.78 is 6.98. The third kappa shape index (κ3) is 6.17. The first-order chi connectivity index (χ1) is 16.2. The molecule has 3 aromatic rings. The Balaban J connectivity index is 1.65. The average Bonchev–Trinajstić information content (AvgIpc) is 3.18. The summed E-state index contributed by atoms with van der Waals surface area (Å²) in [6.45, 7) is 8.07. The zero-order valence-electron chi connectivity index (χ0n) is 20.4. The Bertz CT molecular complexity index is 1160. The zero-order chi connectivity index (χ0) is 24.8. The van der Waals surface area contributed by atoms with Gasteiger partial charge >= 0.3 is 0 Å². The molecule has 2 amide bonds. The number of benzene rings is 2. The zero-order valence-corrected chi connectivity index (χ0v) is 21.2.